The maximum atomic E-state index is 12.1. The number of carbonyl (C=O) groups is 3. The van der Waals surface area contributed by atoms with Gasteiger partial charge < -0.3 is 14.9 Å². The van der Waals surface area contributed by atoms with E-state index in [1.807, 2.05) is 19.9 Å². The molecule has 0 aromatic carbocycles. The number of nitriles is 1. The molecular formula is C27H47N3O4. The number of amides is 2. The number of likely N-dealkylation sites (tertiary alicyclic amines) is 2. The standard InChI is InChI=1S/C14H25NO.C8H10N2O2.C3H6O.C2H6/c1-14(2,3)8-13(16)15-9-11-6-4-5-7-12(11)10-15;1-6(12)7-2-8(3-9)10(4-7)5-11;1-3(2)4;1-2/h11-12H,4-10H2,1-3H3;5,7-8H,2,4H2,1H3;4H,1H2,2H3;1-2H3. The molecule has 4 atom stereocenters. The van der Waals surface area contributed by atoms with E-state index >= 15 is 0 Å². The number of carbonyl (C=O) groups excluding carboxylic acids is 3. The molecule has 7 heteroatoms. The van der Waals surface area contributed by atoms with Gasteiger partial charge in [0.15, 0.2) is 0 Å². The molecule has 1 saturated carbocycles. The number of allylic oxidation sites excluding steroid dienone is 1. The molecule has 0 aromatic heterocycles. The summed E-state index contributed by atoms with van der Waals surface area (Å²) in [6, 6.07) is 1.59. The van der Waals surface area contributed by atoms with Crippen LogP contribution in [0.5, 0.6) is 0 Å². The fraction of sp³-hybridized carbons (Fsp3) is 0.778. The van der Waals surface area contributed by atoms with Gasteiger partial charge in [-0.05, 0) is 50.4 Å². The molecule has 7 nitrogen and oxygen atoms in total. The number of aliphatic hydroxyl groups excluding tert-OH is 1. The van der Waals surface area contributed by atoms with Crippen molar-refractivity contribution in [3.63, 3.8) is 0 Å². The van der Waals surface area contributed by atoms with E-state index < -0.39 is 6.04 Å². The van der Waals surface area contributed by atoms with Gasteiger partial charge >= 0.3 is 0 Å². The fourth-order valence-corrected chi connectivity index (χ4v) is 4.57. The Bertz CT molecular complexity index is 690. The molecular weight excluding hydrogens is 430 g/mol. The van der Waals surface area contributed by atoms with E-state index in [-0.39, 0.29) is 22.9 Å². The minimum atomic E-state index is -0.406. The third kappa shape index (κ3) is 11.7. The number of ketones is 1. The maximum Gasteiger partial charge on any atom is 0.223 e. The van der Waals surface area contributed by atoms with Gasteiger partial charge in [0.25, 0.3) is 0 Å². The van der Waals surface area contributed by atoms with Crippen molar-refractivity contribution < 1.29 is 19.5 Å². The lowest BCUT2D eigenvalue weighted by molar-refractivity contribution is -0.132. The van der Waals surface area contributed by atoms with Crippen LogP contribution < -0.4 is 0 Å². The molecule has 2 amide bonds. The molecule has 2 aliphatic heterocycles. The number of aliphatic hydroxyl groups is 1. The molecule has 2 saturated heterocycles. The smallest absolute Gasteiger partial charge is 0.223 e. The number of hydrogen-bond donors (Lipinski definition) is 1. The summed E-state index contributed by atoms with van der Waals surface area (Å²) in [7, 11) is 0. The highest BCUT2D eigenvalue weighted by Crippen LogP contribution is 2.36. The summed E-state index contributed by atoms with van der Waals surface area (Å²) in [6.45, 7) is 19.1. The van der Waals surface area contributed by atoms with Gasteiger partial charge in [-0.3, -0.25) is 14.4 Å². The minimum Gasteiger partial charge on any atom is -0.513 e. The summed E-state index contributed by atoms with van der Waals surface area (Å²) in [6.07, 6.45) is 7.28. The lowest BCUT2D eigenvalue weighted by Gasteiger charge is -2.23. The number of Topliss-reactive ketones (excluding diaryl/α,β-unsaturated/α-hetero) is 1. The highest BCUT2D eigenvalue weighted by molar-refractivity contribution is 5.79. The number of rotatable bonds is 3. The first-order chi connectivity index (χ1) is 15.9. The van der Waals surface area contributed by atoms with Gasteiger partial charge in [0.05, 0.1) is 11.8 Å². The van der Waals surface area contributed by atoms with Crippen molar-refractivity contribution in [1.29, 1.82) is 5.26 Å². The van der Waals surface area contributed by atoms with Gasteiger partial charge in [-0.25, -0.2) is 0 Å². The average molecular weight is 478 g/mol. The zero-order valence-electron chi connectivity index (χ0n) is 22.5. The second-order valence-electron chi connectivity index (χ2n) is 10.6. The van der Waals surface area contributed by atoms with E-state index in [0.29, 0.717) is 31.7 Å². The molecule has 0 spiro atoms. The van der Waals surface area contributed by atoms with Gasteiger partial charge in [0.2, 0.25) is 12.3 Å². The highest BCUT2D eigenvalue weighted by Gasteiger charge is 2.37. The largest absolute Gasteiger partial charge is 0.513 e. The molecule has 0 bridgehead atoms. The summed E-state index contributed by atoms with van der Waals surface area (Å²) in [5, 5.41) is 16.5. The topological polar surface area (TPSA) is 102 Å². The lowest BCUT2D eigenvalue weighted by Crippen LogP contribution is -2.31. The second-order valence-corrected chi connectivity index (χ2v) is 10.6. The van der Waals surface area contributed by atoms with Gasteiger partial charge in [0, 0.05) is 32.0 Å². The lowest BCUT2D eigenvalue weighted by atomic mass is 9.82. The first-order valence-electron chi connectivity index (χ1n) is 12.6. The Labute approximate surface area is 207 Å². The zero-order valence-corrected chi connectivity index (χ0v) is 22.5. The Morgan fingerprint density at radius 3 is 1.88 bits per heavy atom. The van der Waals surface area contributed by atoms with Crippen molar-refractivity contribution in [1.82, 2.24) is 9.80 Å². The number of hydrogen-bond acceptors (Lipinski definition) is 5. The van der Waals surface area contributed by atoms with Crippen molar-refractivity contribution in [2.24, 2.45) is 23.2 Å². The molecule has 3 rings (SSSR count). The Hall–Kier alpha value is -2.36. The molecule has 0 radical (unpaired) electrons. The maximum absolute atomic E-state index is 12.1. The fourth-order valence-electron chi connectivity index (χ4n) is 4.57. The van der Waals surface area contributed by atoms with E-state index in [1.54, 1.807) is 0 Å². The van der Waals surface area contributed by atoms with Crippen molar-refractivity contribution in [2.45, 2.75) is 93.0 Å². The van der Waals surface area contributed by atoms with E-state index in [2.05, 4.69) is 32.3 Å². The Morgan fingerprint density at radius 1 is 1.09 bits per heavy atom. The Kier molecular flexibility index (Phi) is 14.4. The Balaban J connectivity index is 0.000000535. The molecule has 1 aliphatic carbocycles. The molecule has 194 valence electrons. The summed E-state index contributed by atoms with van der Waals surface area (Å²) in [4.78, 5) is 37.0. The minimum absolute atomic E-state index is 0.0552. The van der Waals surface area contributed by atoms with Crippen LogP contribution in [0.2, 0.25) is 0 Å². The summed E-state index contributed by atoms with van der Waals surface area (Å²) in [5.74, 6) is 2.09. The van der Waals surface area contributed by atoms with Gasteiger partial charge in [-0.15, -0.1) is 0 Å². The van der Waals surface area contributed by atoms with Gasteiger partial charge in [-0.1, -0.05) is 54.0 Å². The number of nitrogens with zero attached hydrogens (tertiary/aromatic N) is 3. The SMILES string of the molecule is C=C(C)O.CC.CC(=O)C1CC(C#N)N(C=O)C1.CC(C)(C)CC(=O)N1CC2CCCCC2C1. The molecule has 3 aliphatic rings. The number of fused-ring (bicyclic) bond motifs is 1. The quantitative estimate of drug-likeness (QED) is 0.449. The normalized spacial score (nSPS) is 25.1. The van der Waals surface area contributed by atoms with Crippen LogP contribution in [0.3, 0.4) is 0 Å². The van der Waals surface area contributed by atoms with Crippen LogP contribution in [0, 0.1) is 34.5 Å². The first kappa shape index (κ1) is 31.6. The third-order valence-corrected chi connectivity index (χ3v) is 6.21. The third-order valence-electron chi connectivity index (χ3n) is 6.21. The van der Waals surface area contributed by atoms with Crippen LogP contribution >= 0.6 is 0 Å². The van der Waals surface area contributed by atoms with Crippen LogP contribution in [0.4, 0.5) is 0 Å². The van der Waals surface area contributed by atoms with E-state index in [4.69, 9.17) is 10.4 Å². The predicted molar refractivity (Wildman–Crippen MR) is 136 cm³/mol. The first-order valence-corrected chi connectivity index (χ1v) is 12.6. The van der Waals surface area contributed by atoms with E-state index in [9.17, 15) is 14.4 Å². The van der Waals surface area contributed by atoms with Crippen molar-refractivity contribution in [3.05, 3.63) is 12.3 Å². The molecule has 4 unspecified atom stereocenters. The van der Waals surface area contributed by atoms with E-state index in [0.717, 1.165) is 24.9 Å². The second kappa shape index (κ2) is 15.5. The van der Waals surface area contributed by atoms with Crippen LogP contribution in [0.15, 0.2) is 12.3 Å². The molecule has 34 heavy (non-hydrogen) atoms. The van der Waals surface area contributed by atoms with Crippen LogP contribution in [0.1, 0.15) is 87.0 Å². The summed E-state index contributed by atoms with van der Waals surface area (Å²) in [5.41, 5.74) is 0.130. The molecule has 3 fully saturated rings. The van der Waals surface area contributed by atoms with Crippen LogP contribution in [-0.4, -0.2) is 58.7 Å². The summed E-state index contributed by atoms with van der Waals surface area (Å²) >= 11 is 0. The van der Waals surface area contributed by atoms with Crippen LogP contribution in [-0.2, 0) is 14.4 Å². The van der Waals surface area contributed by atoms with Crippen LogP contribution in [0.25, 0.3) is 0 Å². The van der Waals surface area contributed by atoms with Gasteiger partial charge in [0.1, 0.15) is 11.8 Å². The van der Waals surface area contributed by atoms with Gasteiger partial charge in [-0.2, -0.15) is 5.26 Å². The zero-order chi connectivity index (χ0) is 26.5. The molecule has 2 heterocycles. The molecule has 0 aromatic rings. The van der Waals surface area contributed by atoms with Crippen molar-refractivity contribution >= 4 is 18.1 Å². The van der Waals surface area contributed by atoms with Crippen molar-refractivity contribution in [2.75, 3.05) is 19.6 Å². The Morgan fingerprint density at radius 2 is 1.56 bits per heavy atom. The monoisotopic (exact) mass is 477 g/mol. The summed E-state index contributed by atoms with van der Waals surface area (Å²) < 4.78 is 0. The highest BCUT2D eigenvalue weighted by atomic mass is 16.3. The predicted octanol–water partition coefficient (Wildman–Crippen LogP) is 5.12. The van der Waals surface area contributed by atoms with Crippen molar-refractivity contribution in [3.8, 4) is 6.07 Å². The average Bonchev–Trinajstić information content (AvgIpc) is 3.38. The van der Waals surface area contributed by atoms with E-state index in [1.165, 1.54) is 44.4 Å². The molecule has 1 N–H and O–H groups in total.